The zero-order valence-corrected chi connectivity index (χ0v) is 9.87. The molecular weight excluding hydrogens is 230 g/mol. The second-order valence-electron chi connectivity index (χ2n) is 4.02. The lowest BCUT2D eigenvalue weighted by atomic mass is 10.1. The molecule has 2 heterocycles. The van der Waals surface area contributed by atoms with Crippen LogP contribution in [0.25, 0.3) is 0 Å². The van der Waals surface area contributed by atoms with Crippen molar-refractivity contribution in [2.45, 2.75) is 30.8 Å². The fourth-order valence-electron chi connectivity index (χ4n) is 1.88. The molecule has 1 fully saturated rings. The molecule has 0 saturated carbocycles. The number of nitrogens with zero attached hydrogens (tertiary/aromatic N) is 2. The van der Waals surface area contributed by atoms with Crippen LogP contribution in [-0.4, -0.2) is 47.2 Å². The van der Waals surface area contributed by atoms with Crippen LogP contribution >= 0.6 is 0 Å². The quantitative estimate of drug-likeness (QED) is 0.759. The van der Waals surface area contributed by atoms with Crippen LogP contribution in [0.2, 0.25) is 0 Å². The second kappa shape index (κ2) is 4.15. The number of nitrogens with one attached hydrogen (secondary N) is 1. The highest BCUT2D eigenvalue weighted by Gasteiger charge is 2.31. The number of aliphatic hydroxyl groups is 1. The maximum atomic E-state index is 12.2. The Morgan fingerprint density at radius 3 is 2.94 bits per heavy atom. The van der Waals surface area contributed by atoms with Crippen LogP contribution in [0.5, 0.6) is 0 Å². The van der Waals surface area contributed by atoms with E-state index in [1.54, 1.807) is 6.92 Å². The van der Waals surface area contributed by atoms with E-state index in [4.69, 9.17) is 0 Å². The number of aryl methyl sites for hydroxylation is 1. The van der Waals surface area contributed by atoms with Gasteiger partial charge < -0.3 is 5.11 Å². The van der Waals surface area contributed by atoms with E-state index in [1.165, 1.54) is 10.5 Å². The molecule has 0 aromatic carbocycles. The van der Waals surface area contributed by atoms with Crippen molar-refractivity contribution >= 4 is 10.0 Å². The van der Waals surface area contributed by atoms with Crippen molar-refractivity contribution in [1.82, 2.24) is 14.5 Å². The number of rotatable bonds is 2. The monoisotopic (exact) mass is 245 g/mol. The van der Waals surface area contributed by atoms with Crippen molar-refractivity contribution in [3.63, 3.8) is 0 Å². The van der Waals surface area contributed by atoms with Crippen LogP contribution in [0.1, 0.15) is 18.5 Å². The van der Waals surface area contributed by atoms with E-state index >= 15 is 0 Å². The summed E-state index contributed by atoms with van der Waals surface area (Å²) in [6.07, 6.45) is 2.11. The third-order valence-electron chi connectivity index (χ3n) is 2.76. The topological polar surface area (TPSA) is 86.3 Å². The van der Waals surface area contributed by atoms with Gasteiger partial charge in [0, 0.05) is 13.1 Å². The minimum Gasteiger partial charge on any atom is -0.392 e. The lowest BCUT2D eigenvalue weighted by molar-refractivity contribution is 0.108. The van der Waals surface area contributed by atoms with E-state index in [0.717, 1.165) is 0 Å². The van der Waals surface area contributed by atoms with E-state index in [1.807, 2.05) is 0 Å². The summed E-state index contributed by atoms with van der Waals surface area (Å²) < 4.78 is 25.7. The molecule has 0 bridgehead atoms. The summed E-state index contributed by atoms with van der Waals surface area (Å²) in [6.45, 7) is 2.30. The first-order valence-electron chi connectivity index (χ1n) is 5.20. The number of hydrogen-bond acceptors (Lipinski definition) is 4. The molecule has 1 aliphatic heterocycles. The van der Waals surface area contributed by atoms with Gasteiger partial charge in [-0.3, -0.25) is 5.10 Å². The first-order chi connectivity index (χ1) is 7.51. The lowest BCUT2D eigenvalue weighted by Crippen LogP contribution is -2.42. The van der Waals surface area contributed by atoms with Gasteiger partial charge in [-0.25, -0.2) is 8.42 Å². The Morgan fingerprint density at radius 2 is 2.38 bits per heavy atom. The maximum absolute atomic E-state index is 12.2. The van der Waals surface area contributed by atoms with Crippen molar-refractivity contribution < 1.29 is 13.5 Å². The average molecular weight is 245 g/mol. The van der Waals surface area contributed by atoms with Gasteiger partial charge in [-0.05, 0) is 19.8 Å². The largest absolute Gasteiger partial charge is 0.392 e. The van der Waals surface area contributed by atoms with Gasteiger partial charge >= 0.3 is 0 Å². The highest BCUT2D eigenvalue weighted by Crippen LogP contribution is 2.21. The molecule has 2 rings (SSSR count). The molecule has 0 aliphatic carbocycles. The molecule has 90 valence electrons. The van der Waals surface area contributed by atoms with Crippen LogP contribution in [0.15, 0.2) is 11.1 Å². The normalized spacial score (nSPS) is 23.5. The third-order valence-corrected chi connectivity index (χ3v) is 4.74. The molecule has 0 spiro atoms. The molecule has 16 heavy (non-hydrogen) atoms. The number of aromatic nitrogens is 2. The molecule has 0 radical (unpaired) electrons. The van der Waals surface area contributed by atoms with Crippen molar-refractivity contribution in [3.8, 4) is 0 Å². The Hall–Kier alpha value is -0.920. The number of hydrogen-bond donors (Lipinski definition) is 2. The molecule has 1 atom stereocenters. The van der Waals surface area contributed by atoms with Crippen LogP contribution in [0, 0.1) is 6.92 Å². The van der Waals surface area contributed by atoms with Gasteiger partial charge in [-0.2, -0.15) is 9.40 Å². The van der Waals surface area contributed by atoms with Gasteiger partial charge in [0.25, 0.3) is 0 Å². The van der Waals surface area contributed by atoms with Crippen LogP contribution in [0.4, 0.5) is 0 Å². The molecular formula is C9H15N3O3S. The minimum absolute atomic E-state index is 0.174. The van der Waals surface area contributed by atoms with Crippen molar-refractivity contribution in [1.29, 1.82) is 0 Å². The summed E-state index contributed by atoms with van der Waals surface area (Å²) in [6, 6.07) is 0. The summed E-state index contributed by atoms with van der Waals surface area (Å²) in [5.74, 6) is 0. The van der Waals surface area contributed by atoms with Crippen molar-refractivity contribution in [3.05, 3.63) is 11.9 Å². The predicted molar refractivity (Wildman–Crippen MR) is 57.3 cm³/mol. The van der Waals surface area contributed by atoms with Crippen LogP contribution in [0.3, 0.4) is 0 Å². The van der Waals surface area contributed by atoms with Gasteiger partial charge in [-0.1, -0.05) is 0 Å². The van der Waals surface area contributed by atoms with Crippen molar-refractivity contribution in [2.75, 3.05) is 13.1 Å². The Bertz CT molecular complexity index is 468. The number of aromatic amines is 1. The molecule has 0 unspecified atom stereocenters. The summed E-state index contributed by atoms with van der Waals surface area (Å²) in [4.78, 5) is 0.196. The van der Waals surface area contributed by atoms with Gasteiger partial charge in [0.05, 0.1) is 18.0 Å². The maximum Gasteiger partial charge on any atom is 0.246 e. The number of β-amino-alcohol motifs (C(OH)–C–C–N with tert-alkyl or cyclic N) is 1. The number of sulfonamides is 1. The average Bonchev–Trinajstić information content (AvgIpc) is 2.65. The van der Waals surface area contributed by atoms with E-state index in [2.05, 4.69) is 10.2 Å². The van der Waals surface area contributed by atoms with E-state index < -0.39 is 16.1 Å². The van der Waals surface area contributed by atoms with Gasteiger partial charge in [0.2, 0.25) is 10.0 Å². The molecule has 2 N–H and O–H groups in total. The first kappa shape index (κ1) is 11.6. The smallest absolute Gasteiger partial charge is 0.246 e. The highest BCUT2D eigenvalue weighted by atomic mass is 32.2. The lowest BCUT2D eigenvalue weighted by Gasteiger charge is -2.28. The molecule has 1 aromatic heterocycles. The highest BCUT2D eigenvalue weighted by molar-refractivity contribution is 7.89. The van der Waals surface area contributed by atoms with E-state index in [0.29, 0.717) is 25.1 Å². The van der Waals surface area contributed by atoms with Crippen LogP contribution in [-0.2, 0) is 10.0 Å². The Balaban J connectivity index is 2.29. The predicted octanol–water partition coefficient (Wildman–Crippen LogP) is -0.136. The molecule has 1 aromatic rings. The Kier molecular flexibility index (Phi) is 3.00. The summed E-state index contributed by atoms with van der Waals surface area (Å²) in [5.41, 5.74) is 0.528. The third kappa shape index (κ3) is 1.98. The summed E-state index contributed by atoms with van der Waals surface area (Å²) >= 11 is 0. The second-order valence-corrected chi connectivity index (χ2v) is 5.92. The standard InChI is InChI=1S/C9H15N3O3S/c1-7-9(5-10-11-7)16(14,15)12-4-2-3-8(13)6-12/h5,8,13H,2-4,6H2,1H3,(H,10,11)/t8-/m0/s1. The van der Waals surface area contributed by atoms with Crippen molar-refractivity contribution in [2.24, 2.45) is 0 Å². The SMILES string of the molecule is Cc1[nH]ncc1S(=O)(=O)N1CCC[C@H](O)C1. The van der Waals surface area contributed by atoms with Gasteiger partial charge in [0.15, 0.2) is 0 Å². The number of aliphatic hydroxyl groups excluding tert-OH is 1. The van der Waals surface area contributed by atoms with Gasteiger partial charge in [0.1, 0.15) is 4.90 Å². The fourth-order valence-corrected chi connectivity index (χ4v) is 3.51. The van der Waals surface area contributed by atoms with E-state index in [-0.39, 0.29) is 11.4 Å². The Labute approximate surface area is 94.3 Å². The molecule has 7 heteroatoms. The molecule has 1 aliphatic rings. The number of H-pyrrole nitrogens is 1. The van der Waals surface area contributed by atoms with E-state index in [9.17, 15) is 13.5 Å². The molecule has 1 saturated heterocycles. The summed E-state index contributed by atoms with van der Waals surface area (Å²) in [5, 5.41) is 15.8. The zero-order valence-electron chi connectivity index (χ0n) is 9.05. The summed E-state index contributed by atoms with van der Waals surface area (Å²) in [7, 11) is -3.50. The van der Waals surface area contributed by atoms with Gasteiger partial charge in [-0.15, -0.1) is 0 Å². The Morgan fingerprint density at radius 1 is 1.62 bits per heavy atom. The fraction of sp³-hybridized carbons (Fsp3) is 0.667. The first-order valence-corrected chi connectivity index (χ1v) is 6.64. The molecule has 6 nitrogen and oxygen atoms in total. The van der Waals surface area contributed by atoms with Crippen LogP contribution < -0.4 is 0 Å². The number of piperidine rings is 1. The minimum atomic E-state index is -3.50. The zero-order chi connectivity index (χ0) is 11.8. The molecule has 0 amide bonds.